The van der Waals surface area contributed by atoms with E-state index in [0.717, 1.165) is 44.6 Å². The van der Waals surface area contributed by atoms with Crippen LogP contribution in [0.25, 0.3) is 0 Å². The molecule has 3 nitrogen and oxygen atoms in total. The maximum atomic E-state index is 5.75. The Morgan fingerprint density at radius 2 is 1.30 bits per heavy atom. The van der Waals surface area contributed by atoms with Crippen LogP contribution >= 0.6 is 0 Å². The van der Waals surface area contributed by atoms with Crippen molar-refractivity contribution in [2.75, 3.05) is 13.1 Å². The number of rotatable bonds is 9. The highest BCUT2D eigenvalue weighted by Crippen LogP contribution is 2.10. The van der Waals surface area contributed by atoms with Crippen molar-refractivity contribution in [3.8, 4) is 24.7 Å². The van der Waals surface area contributed by atoms with Gasteiger partial charge in [0, 0.05) is 45.6 Å². The largest absolute Gasteiger partial charge is 0.326 e. The first-order chi connectivity index (χ1) is 9.80. The molecule has 0 saturated carbocycles. The Balaban J connectivity index is 2.56. The lowest BCUT2D eigenvalue weighted by atomic mass is 10.1. The second kappa shape index (κ2) is 10.1. The maximum absolute atomic E-state index is 5.75. The van der Waals surface area contributed by atoms with Crippen LogP contribution < -0.4 is 16.4 Å². The highest BCUT2D eigenvalue weighted by molar-refractivity contribution is 5.30. The highest BCUT2D eigenvalue weighted by atomic mass is 14.9. The van der Waals surface area contributed by atoms with E-state index < -0.39 is 0 Å². The monoisotopic (exact) mass is 269 g/mol. The number of hydrogen-bond donors (Lipinski definition) is 3. The van der Waals surface area contributed by atoms with Gasteiger partial charge in [0.05, 0.1) is 0 Å². The Morgan fingerprint density at radius 1 is 0.850 bits per heavy atom. The van der Waals surface area contributed by atoms with E-state index in [1.807, 2.05) is 0 Å². The van der Waals surface area contributed by atoms with Gasteiger partial charge >= 0.3 is 0 Å². The van der Waals surface area contributed by atoms with Crippen molar-refractivity contribution < 1.29 is 0 Å². The van der Waals surface area contributed by atoms with Crippen molar-refractivity contribution in [3.05, 3.63) is 34.9 Å². The Hall–Kier alpha value is -1.78. The third-order valence-electron chi connectivity index (χ3n) is 2.90. The van der Waals surface area contributed by atoms with Crippen LogP contribution in [0, 0.1) is 24.7 Å². The lowest BCUT2D eigenvalue weighted by molar-refractivity contribution is 0.687. The van der Waals surface area contributed by atoms with E-state index >= 15 is 0 Å². The molecule has 0 radical (unpaired) electrons. The zero-order valence-electron chi connectivity index (χ0n) is 11.9. The van der Waals surface area contributed by atoms with Gasteiger partial charge in [-0.05, 0) is 16.7 Å². The summed E-state index contributed by atoms with van der Waals surface area (Å²) in [6.45, 7) is 3.84. The van der Waals surface area contributed by atoms with E-state index in [4.69, 9.17) is 18.6 Å². The van der Waals surface area contributed by atoms with E-state index in [0.29, 0.717) is 6.54 Å². The topological polar surface area (TPSA) is 50.1 Å². The quantitative estimate of drug-likeness (QED) is 0.469. The van der Waals surface area contributed by atoms with Gasteiger partial charge in [-0.3, -0.25) is 0 Å². The molecule has 0 aliphatic rings. The van der Waals surface area contributed by atoms with Crippen molar-refractivity contribution >= 4 is 0 Å². The summed E-state index contributed by atoms with van der Waals surface area (Å²) in [4.78, 5) is 0. The summed E-state index contributed by atoms with van der Waals surface area (Å²) in [6.07, 6.45) is 12.0. The molecule has 20 heavy (non-hydrogen) atoms. The molecule has 0 atom stereocenters. The van der Waals surface area contributed by atoms with Gasteiger partial charge in [-0.1, -0.05) is 18.2 Å². The predicted octanol–water partition coefficient (Wildman–Crippen LogP) is 1.37. The molecule has 0 unspecified atom stereocenters. The molecule has 3 heteroatoms. The molecule has 0 saturated heterocycles. The number of nitrogens with two attached hydrogens (primary N) is 1. The summed E-state index contributed by atoms with van der Waals surface area (Å²) in [5, 5.41) is 6.65. The summed E-state index contributed by atoms with van der Waals surface area (Å²) in [7, 11) is 0. The average molecular weight is 269 g/mol. The lowest BCUT2D eigenvalue weighted by Crippen LogP contribution is -2.17. The summed E-state index contributed by atoms with van der Waals surface area (Å²) >= 11 is 0. The van der Waals surface area contributed by atoms with Crippen LogP contribution in [0.4, 0.5) is 0 Å². The van der Waals surface area contributed by atoms with Gasteiger partial charge in [-0.15, -0.1) is 24.7 Å². The molecule has 0 bridgehead atoms. The number of hydrogen-bond acceptors (Lipinski definition) is 3. The molecule has 0 amide bonds. The lowest BCUT2D eigenvalue weighted by Gasteiger charge is -2.10. The molecule has 0 aromatic heterocycles. The van der Waals surface area contributed by atoms with Crippen LogP contribution in [0.2, 0.25) is 0 Å². The number of terminal acetylenes is 2. The molecule has 0 aliphatic carbocycles. The minimum Gasteiger partial charge on any atom is -0.326 e. The fourth-order valence-corrected chi connectivity index (χ4v) is 1.95. The zero-order chi connectivity index (χ0) is 14.6. The number of nitrogens with one attached hydrogen (secondary N) is 2. The van der Waals surface area contributed by atoms with E-state index in [1.165, 1.54) is 11.1 Å². The van der Waals surface area contributed by atoms with E-state index in [2.05, 4.69) is 40.7 Å². The first-order valence-electron chi connectivity index (χ1n) is 6.90. The molecule has 106 valence electrons. The summed E-state index contributed by atoms with van der Waals surface area (Å²) < 4.78 is 0. The van der Waals surface area contributed by atoms with Crippen LogP contribution in [0.5, 0.6) is 0 Å². The summed E-state index contributed by atoms with van der Waals surface area (Å²) in [5.74, 6) is 5.24. The van der Waals surface area contributed by atoms with Gasteiger partial charge in [0.25, 0.3) is 0 Å². The third kappa shape index (κ3) is 6.41. The van der Waals surface area contributed by atoms with Crippen molar-refractivity contribution in [1.82, 2.24) is 10.6 Å². The van der Waals surface area contributed by atoms with Crippen molar-refractivity contribution in [3.63, 3.8) is 0 Å². The summed E-state index contributed by atoms with van der Waals surface area (Å²) in [5.41, 5.74) is 9.36. The van der Waals surface area contributed by atoms with Crippen LogP contribution in [-0.2, 0) is 19.6 Å². The van der Waals surface area contributed by atoms with Gasteiger partial charge in [0.1, 0.15) is 0 Å². The van der Waals surface area contributed by atoms with Crippen molar-refractivity contribution in [1.29, 1.82) is 0 Å². The second-order valence-corrected chi connectivity index (χ2v) is 4.62. The second-order valence-electron chi connectivity index (χ2n) is 4.62. The van der Waals surface area contributed by atoms with Gasteiger partial charge in [0.15, 0.2) is 0 Å². The third-order valence-corrected chi connectivity index (χ3v) is 2.90. The molecule has 0 spiro atoms. The molecule has 1 aromatic rings. The molecular weight excluding hydrogens is 246 g/mol. The van der Waals surface area contributed by atoms with Crippen LogP contribution in [-0.4, -0.2) is 13.1 Å². The van der Waals surface area contributed by atoms with Crippen LogP contribution in [0.3, 0.4) is 0 Å². The normalized spacial score (nSPS) is 9.95. The van der Waals surface area contributed by atoms with E-state index in [1.54, 1.807) is 0 Å². The molecule has 0 aliphatic heterocycles. The van der Waals surface area contributed by atoms with E-state index in [9.17, 15) is 0 Å². The Bertz CT molecular complexity index is 440. The smallest absolute Gasteiger partial charge is 0.0212 e. The predicted molar refractivity (Wildman–Crippen MR) is 84.6 cm³/mol. The summed E-state index contributed by atoms with van der Waals surface area (Å²) in [6, 6.07) is 6.45. The first kappa shape index (κ1) is 16.3. The zero-order valence-corrected chi connectivity index (χ0v) is 11.9. The van der Waals surface area contributed by atoms with Gasteiger partial charge in [-0.2, -0.15) is 0 Å². The first-order valence-corrected chi connectivity index (χ1v) is 6.90. The molecule has 1 rings (SSSR count). The number of benzene rings is 1. The molecule has 0 fully saturated rings. The van der Waals surface area contributed by atoms with Crippen molar-refractivity contribution in [2.45, 2.75) is 32.5 Å². The minimum atomic E-state index is 0.551. The molecule has 1 aromatic carbocycles. The minimum absolute atomic E-state index is 0.551. The Morgan fingerprint density at radius 3 is 1.70 bits per heavy atom. The molecule has 4 N–H and O–H groups in total. The SMILES string of the molecule is C#CCCNCc1cc(CN)cc(CNCCC#C)c1. The maximum Gasteiger partial charge on any atom is 0.0212 e. The molecular formula is C17H23N3. The standard InChI is InChI=1S/C17H23N3/c1-3-5-7-19-13-16-9-15(12-18)10-17(11-16)14-20-8-6-4-2/h1-2,9-11,19-20H,5-8,12-14,18H2. The van der Waals surface area contributed by atoms with Crippen molar-refractivity contribution in [2.24, 2.45) is 5.73 Å². The molecule has 0 heterocycles. The van der Waals surface area contributed by atoms with Gasteiger partial charge < -0.3 is 16.4 Å². The van der Waals surface area contributed by atoms with Crippen LogP contribution in [0.1, 0.15) is 29.5 Å². The van der Waals surface area contributed by atoms with Crippen LogP contribution in [0.15, 0.2) is 18.2 Å². The van der Waals surface area contributed by atoms with E-state index in [-0.39, 0.29) is 0 Å². The average Bonchev–Trinajstić information content (AvgIpc) is 2.48. The Labute approximate surface area is 122 Å². The fraction of sp³-hybridized carbons (Fsp3) is 0.412. The fourth-order valence-electron chi connectivity index (χ4n) is 1.95. The van der Waals surface area contributed by atoms with Gasteiger partial charge in [-0.25, -0.2) is 0 Å². The van der Waals surface area contributed by atoms with Gasteiger partial charge in [0.2, 0.25) is 0 Å². The highest BCUT2D eigenvalue weighted by Gasteiger charge is 2.00. The Kier molecular flexibility index (Phi) is 8.19.